The molecule has 0 atom stereocenters. The normalized spacial score (nSPS) is 17.1. The highest BCUT2D eigenvalue weighted by Gasteiger charge is 2.24. The Hall–Kier alpha value is -2.71. The molecule has 2 aromatic heterocycles. The van der Waals surface area contributed by atoms with Gasteiger partial charge in [-0.1, -0.05) is 18.0 Å². The molecule has 0 bridgehead atoms. The van der Waals surface area contributed by atoms with E-state index in [4.69, 9.17) is 11.6 Å². The molecule has 1 saturated heterocycles. The monoisotopic (exact) mass is 467 g/mol. The summed E-state index contributed by atoms with van der Waals surface area (Å²) >= 11 is 6.27. The molecular weight excluding hydrogens is 438 g/mol. The Morgan fingerprint density at radius 2 is 1.73 bits per heavy atom. The average Bonchev–Trinajstić information content (AvgIpc) is 3.21. The van der Waals surface area contributed by atoms with E-state index in [9.17, 15) is 4.79 Å². The highest BCUT2D eigenvalue weighted by molar-refractivity contribution is 6.31. The van der Waals surface area contributed by atoms with Gasteiger partial charge >= 0.3 is 0 Å². The minimum absolute atomic E-state index is 0.0731. The molecule has 8 nitrogen and oxygen atoms in total. The van der Waals surface area contributed by atoms with Crippen LogP contribution >= 0.6 is 11.6 Å². The van der Waals surface area contributed by atoms with Crippen molar-refractivity contribution in [2.45, 2.75) is 52.6 Å². The molecule has 0 aliphatic carbocycles. The van der Waals surface area contributed by atoms with Gasteiger partial charge in [-0.25, -0.2) is 4.68 Å². The van der Waals surface area contributed by atoms with Gasteiger partial charge < -0.3 is 9.47 Å². The van der Waals surface area contributed by atoms with Crippen LogP contribution in [0.1, 0.15) is 52.7 Å². The third-order valence-electron chi connectivity index (χ3n) is 6.77. The van der Waals surface area contributed by atoms with Gasteiger partial charge in [0.2, 0.25) is 0 Å². The summed E-state index contributed by atoms with van der Waals surface area (Å²) in [6, 6.07) is 7.60. The van der Waals surface area contributed by atoms with Crippen LogP contribution in [0.5, 0.6) is 0 Å². The van der Waals surface area contributed by atoms with Crippen molar-refractivity contribution in [1.82, 2.24) is 34.3 Å². The summed E-state index contributed by atoms with van der Waals surface area (Å²) in [5, 5.41) is 14.0. The van der Waals surface area contributed by atoms with E-state index in [-0.39, 0.29) is 5.91 Å². The van der Waals surface area contributed by atoms with Crippen LogP contribution in [-0.4, -0.2) is 66.4 Å². The van der Waals surface area contributed by atoms with Crippen molar-refractivity contribution >= 4 is 17.5 Å². The van der Waals surface area contributed by atoms with E-state index in [0.29, 0.717) is 23.7 Å². The zero-order chi connectivity index (χ0) is 22.9. The summed E-state index contributed by atoms with van der Waals surface area (Å²) < 4.78 is 4.12. The first-order chi connectivity index (χ1) is 16.0. The smallest absolute Gasteiger partial charge is 0.253 e. The Bertz CT molecular complexity index is 1140. The SMILES string of the molecule is Cc1nn(-c2ccc(C(=O)N3CCN(Cc4nnc5n4CCCCC5)CC3)cc2)c(C)c1Cl. The maximum atomic E-state index is 13.1. The number of halogens is 1. The van der Waals surface area contributed by atoms with Gasteiger partial charge in [-0.2, -0.15) is 5.10 Å². The van der Waals surface area contributed by atoms with Crippen molar-refractivity contribution in [2.24, 2.45) is 0 Å². The molecule has 0 spiro atoms. The quantitative estimate of drug-likeness (QED) is 0.588. The molecule has 1 fully saturated rings. The minimum atomic E-state index is 0.0731. The van der Waals surface area contributed by atoms with Gasteiger partial charge in [-0.3, -0.25) is 9.69 Å². The van der Waals surface area contributed by atoms with Crippen LogP contribution in [0.15, 0.2) is 24.3 Å². The fraction of sp³-hybridized carbons (Fsp3) is 0.500. The van der Waals surface area contributed by atoms with Gasteiger partial charge in [0, 0.05) is 44.7 Å². The van der Waals surface area contributed by atoms with E-state index in [1.54, 1.807) is 0 Å². The third-order valence-corrected chi connectivity index (χ3v) is 7.32. The van der Waals surface area contributed by atoms with Crippen molar-refractivity contribution in [2.75, 3.05) is 26.2 Å². The number of hydrogen-bond donors (Lipinski definition) is 0. The van der Waals surface area contributed by atoms with Crippen molar-refractivity contribution in [3.63, 3.8) is 0 Å². The molecule has 2 aliphatic rings. The first kappa shape index (κ1) is 22.1. The summed E-state index contributed by atoms with van der Waals surface area (Å²) in [6.45, 7) is 8.78. The van der Waals surface area contributed by atoms with Crippen LogP contribution in [0.2, 0.25) is 5.02 Å². The van der Waals surface area contributed by atoms with Crippen LogP contribution in [0.3, 0.4) is 0 Å². The molecule has 0 saturated carbocycles. The van der Waals surface area contributed by atoms with Crippen LogP contribution < -0.4 is 0 Å². The fourth-order valence-electron chi connectivity index (χ4n) is 4.77. The number of fused-ring (bicyclic) bond motifs is 1. The Labute approximate surface area is 199 Å². The number of rotatable bonds is 4. The lowest BCUT2D eigenvalue weighted by Gasteiger charge is -2.34. The lowest BCUT2D eigenvalue weighted by atomic mass is 10.1. The molecule has 9 heteroatoms. The maximum Gasteiger partial charge on any atom is 0.253 e. The Balaban J connectivity index is 1.19. The highest BCUT2D eigenvalue weighted by Crippen LogP contribution is 2.23. The standard InChI is InChI=1S/C24H30ClN7O/c1-17-23(25)18(2)32(28-17)20-9-7-19(8-10-20)24(33)30-14-12-29(13-15-30)16-22-27-26-21-6-4-3-5-11-31(21)22/h7-10H,3-6,11-16H2,1-2H3. The Morgan fingerprint density at radius 3 is 2.42 bits per heavy atom. The second-order valence-electron chi connectivity index (χ2n) is 9.01. The van der Waals surface area contributed by atoms with Crippen molar-refractivity contribution < 1.29 is 4.79 Å². The van der Waals surface area contributed by atoms with E-state index >= 15 is 0 Å². The number of benzene rings is 1. The molecule has 3 aromatic rings. The number of aromatic nitrogens is 5. The second kappa shape index (κ2) is 9.27. The molecule has 0 radical (unpaired) electrons. The number of carbonyl (C=O) groups is 1. The Morgan fingerprint density at radius 1 is 0.970 bits per heavy atom. The van der Waals surface area contributed by atoms with Gasteiger partial charge in [0.05, 0.1) is 28.6 Å². The number of nitrogens with zero attached hydrogens (tertiary/aromatic N) is 7. The minimum Gasteiger partial charge on any atom is -0.336 e. The van der Waals surface area contributed by atoms with Gasteiger partial charge in [0.1, 0.15) is 11.6 Å². The van der Waals surface area contributed by atoms with E-state index in [0.717, 1.165) is 61.3 Å². The fourth-order valence-corrected chi connectivity index (χ4v) is 4.89. The summed E-state index contributed by atoms with van der Waals surface area (Å²) in [7, 11) is 0. The van der Waals surface area contributed by atoms with Gasteiger partial charge in [-0.15, -0.1) is 10.2 Å². The zero-order valence-electron chi connectivity index (χ0n) is 19.3. The maximum absolute atomic E-state index is 13.1. The number of amides is 1. The summed E-state index contributed by atoms with van der Waals surface area (Å²) in [4.78, 5) is 17.4. The van der Waals surface area contributed by atoms with E-state index in [2.05, 4.69) is 24.8 Å². The number of piperazine rings is 1. The van der Waals surface area contributed by atoms with Gasteiger partial charge in [0.25, 0.3) is 5.91 Å². The third kappa shape index (κ3) is 4.42. The number of carbonyl (C=O) groups excluding carboxylic acids is 1. The first-order valence-corrected chi connectivity index (χ1v) is 12.1. The van der Waals surface area contributed by atoms with Crippen molar-refractivity contribution in [3.05, 3.63) is 57.9 Å². The summed E-state index contributed by atoms with van der Waals surface area (Å²) in [5.74, 6) is 2.26. The lowest BCUT2D eigenvalue weighted by Crippen LogP contribution is -2.48. The van der Waals surface area contributed by atoms with Crippen LogP contribution in [0.4, 0.5) is 0 Å². The van der Waals surface area contributed by atoms with Gasteiger partial charge in [-0.05, 0) is 51.0 Å². The molecule has 4 heterocycles. The van der Waals surface area contributed by atoms with E-state index < -0.39 is 0 Å². The Kier molecular flexibility index (Phi) is 6.21. The van der Waals surface area contributed by atoms with Crippen molar-refractivity contribution in [3.8, 4) is 5.69 Å². The summed E-state index contributed by atoms with van der Waals surface area (Å²) in [5.41, 5.74) is 3.29. The molecule has 1 amide bonds. The molecule has 33 heavy (non-hydrogen) atoms. The van der Waals surface area contributed by atoms with Crippen LogP contribution in [0.25, 0.3) is 5.69 Å². The molecule has 1 aromatic carbocycles. The zero-order valence-corrected chi connectivity index (χ0v) is 20.1. The molecule has 0 N–H and O–H groups in total. The largest absolute Gasteiger partial charge is 0.336 e. The number of aryl methyl sites for hydroxylation is 2. The highest BCUT2D eigenvalue weighted by atomic mass is 35.5. The van der Waals surface area contributed by atoms with Crippen molar-refractivity contribution in [1.29, 1.82) is 0 Å². The second-order valence-corrected chi connectivity index (χ2v) is 9.38. The van der Waals surface area contributed by atoms with E-state index in [1.165, 1.54) is 19.3 Å². The van der Waals surface area contributed by atoms with Gasteiger partial charge in [0.15, 0.2) is 0 Å². The molecule has 0 unspecified atom stereocenters. The molecule has 174 valence electrons. The van der Waals surface area contributed by atoms with E-state index in [1.807, 2.05) is 47.7 Å². The summed E-state index contributed by atoms with van der Waals surface area (Å²) in [6.07, 6.45) is 4.70. The average molecular weight is 468 g/mol. The predicted octanol–water partition coefficient (Wildman–Crippen LogP) is 3.42. The lowest BCUT2D eigenvalue weighted by molar-refractivity contribution is 0.0624. The first-order valence-electron chi connectivity index (χ1n) is 11.8. The molecule has 5 rings (SSSR count). The number of hydrogen-bond acceptors (Lipinski definition) is 5. The molecule has 2 aliphatic heterocycles. The van der Waals surface area contributed by atoms with Crippen LogP contribution in [-0.2, 0) is 19.5 Å². The predicted molar refractivity (Wildman–Crippen MR) is 127 cm³/mol. The molecular formula is C24H30ClN7O. The topological polar surface area (TPSA) is 72.1 Å². The van der Waals surface area contributed by atoms with Crippen LogP contribution in [0, 0.1) is 13.8 Å².